The van der Waals surface area contributed by atoms with Gasteiger partial charge in [-0.15, -0.1) is 0 Å². The van der Waals surface area contributed by atoms with Crippen molar-refractivity contribution in [2.45, 2.75) is 44.6 Å². The van der Waals surface area contributed by atoms with Gasteiger partial charge in [0, 0.05) is 18.1 Å². The predicted molar refractivity (Wildman–Crippen MR) is 92.6 cm³/mol. The Morgan fingerprint density at radius 2 is 1.91 bits per heavy atom. The molecule has 3 N–H and O–H groups in total. The van der Waals surface area contributed by atoms with Crippen LogP contribution < -0.4 is 10.6 Å². The van der Waals surface area contributed by atoms with Crippen LogP contribution in [0.25, 0.3) is 0 Å². The maximum absolute atomic E-state index is 10.4. The van der Waals surface area contributed by atoms with E-state index in [1.807, 2.05) is 31.2 Å². The van der Waals surface area contributed by atoms with Crippen molar-refractivity contribution in [1.29, 1.82) is 0 Å². The second-order valence-corrected chi connectivity index (χ2v) is 6.37. The number of guanidine groups is 1. The lowest BCUT2D eigenvalue weighted by atomic mass is 10.0. The zero-order valence-electron chi connectivity index (χ0n) is 13.2. The van der Waals surface area contributed by atoms with Crippen molar-refractivity contribution in [2.75, 3.05) is 19.6 Å². The fourth-order valence-electron chi connectivity index (χ4n) is 2.74. The summed E-state index contributed by atoms with van der Waals surface area (Å²) >= 11 is 5.89. The van der Waals surface area contributed by atoms with Gasteiger partial charge in [0.25, 0.3) is 0 Å². The van der Waals surface area contributed by atoms with Crippen LogP contribution in [0.15, 0.2) is 29.3 Å². The zero-order chi connectivity index (χ0) is 15.8. The van der Waals surface area contributed by atoms with Crippen molar-refractivity contribution < 1.29 is 5.11 Å². The van der Waals surface area contributed by atoms with E-state index in [1.54, 1.807) is 0 Å². The first-order chi connectivity index (χ1) is 10.6. The molecule has 0 spiro atoms. The Kier molecular flexibility index (Phi) is 6.52. The van der Waals surface area contributed by atoms with E-state index in [0.717, 1.165) is 56.2 Å². The van der Waals surface area contributed by atoms with E-state index < -0.39 is 5.60 Å². The smallest absolute Gasteiger partial charge is 0.191 e. The van der Waals surface area contributed by atoms with Gasteiger partial charge in [-0.25, -0.2) is 0 Å². The Morgan fingerprint density at radius 3 is 2.55 bits per heavy atom. The fourth-order valence-corrected chi connectivity index (χ4v) is 2.86. The molecule has 1 fully saturated rings. The standard InChI is InChI=1S/C17H26ClN3O/c1-2-19-16(21-13-17(22)10-3-4-11-17)20-12-9-14-5-7-15(18)8-6-14/h5-8,22H,2-4,9-13H2,1H3,(H2,19,20,21). The molecule has 0 saturated heterocycles. The van der Waals surface area contributed by atoms with E-state index in [9.17, 15) is 5.11 Å². The molecule has 0 unspecified atom stereocenters. The predicted octanol–water partition coefficient (Wildman–Crippen LogP) is 2.74. The minimum absolute atomic E-state index is 0.475. The van der Waals surface area contributed by atoms with Crippen molar-refractivity contribution in [3.05, 3.63) is 34.9 Å². The quantitative estimate of drug-likeness (QED) is 0.557. The number of rotatable bonds is 6. The number of aliphatic hydroxyl groups is 1. The second-order valence-electron chi connectivity index (χ2n) is 5.93. The highest BCUT2D eigenvalue weighted by Crippen LogP contribution is 2.29. The van der Waals surface area contributed by atoms with Gasteiger partial charge in [-0.05, 0) is 43.9 Å². The maximum Gasteiger partial charge on any atom is 0.191 e. The van der Waals surface area contributed by atoms with Crippen LogP contribution in [-0.4, -0.2) is 36.3 Å². The number of benzene rings is 1. The van der Waals surface area contributed by atoms with Gasteiger partial charge in [-0.3, -0.25) is 4.99 Å². The molecule has 0 amide bonds. The lowest BCUT2D eigenvalue weighted by molar-refractivity contribution is 0.0574. The third kappa shape index (κ3) is 5.50. The summed E-state index contributed by atoms with van der Waals surface area (Å²) in [6.07, 6.45) is 4.84. The molecule has 1 aliphatic carbocycles. The van der Waals surface area contributed by atoms with Crippen LogP contribution in [0.2, 0.25) is 5.02 Å². The monoisotopic (exact) mass is 323 g/mol. The summed E-state index contributed by atoms with van der Waals surface area (Å²) in [5, 5.41) is 17.7. The highest BCUT2D eigenvalue weighted by molar-refractivity contribution is 6.30. The molecule has 0 bridgehead atoms. The molecule has 0 atom stereocenters. The summed E-state index contributed by atoms with van der Waals surface area (Å²) in [4.78, 5) is 4.54. The summed E-state index contributed by atoms with van der Waals surface area (Å²) in [5.41, 5.74) is 0.639. The number of hydrogen-bond donors (Lipinski definition) is 3. The molecule has 22 heavy (non-hydrogen) atoms. The number of hydrogen-bond acceptors (Lipinski definition) is 2. The van der Waals surface area contributed by atoms with Gasteiger partial charge in [0.2, 0.25) is 0 Å². The van der Waals surface area contributed by atoms with E-state index in [1.165, 1.54) is 5.56 Å². The second kappa shape index (κ2) is 8.39. The first-order valence-electron chi connectivity index (χ1n) is 8.10. The van der Waals surface area contributed by atoms with Crippen molar-refractivity contribution in [1.82, 2.24) is 10.6 Å². The van der Waals surface area contributed by atoms with Gasteiger partial charge in [-0.2, -0.15) is 0 Å². The molecule has 1 aromatic carbocycles. The SMILES string of the molecule is CCNC(=NCC1(O)CCCC1)NCCc1ccc(Cl)cc1. The van der Waals surface area contributed by atoms with Crippen molar-refractivity contribution >= 4 is 17.6 Å². The third-order valence-corrected chi connectivity index (χ3v) is 4.28. The van der Waals surface area contributed by atoms with Gasteiger partial charge in [0.1, 0.15) is 0 Å². The van der Waals surface area contributed by atoms with Crippen LogP contribution in [0.4, 0.5) is 0 Å². The molecule has 4 nitrogen and oxygen atoms in total. The molecule has 0 radical (unpaired) electrons. The number of aliphatic imine (C=N–C) groups is 1. The van der Waals surface area contributed by atoms with Crippen LogP contribution in [0, 0.1) is 0 Å². The molecule has 2 rings (SSSR count). The highest BCUT2D eigenvalue weighted by Gasteiger charge is 2.30. The normalized spacial score (nSPS) is 17.5. The van der Waals surface area contributed by atoms with Crippen LogP contribution in [0.1, 0.15) is 38.2 Å². The van der Waals surface area contributed by atoms with Crippen molar-refractivity contribution in [3.63, 3.8) is 0 Å². The van der Waals surface area contributed by atoms with Crippen LogP contribution >= 0.6 is 11.6 Å². The molecule has 0 heterocycles. The molecule has 1 aliphatic rings. The lowest BCUT2D eigenvalue weighted by Gasteiger charge is -2.20. The Labute approximate surface area is 138 Å². The Bertz CT molecular complexity index is 481. The summed E-state index contributed by atoms with van der Waals surface area (Å²) < 4.78 is 0. The van der Waals surface area contributed by atoms with Crippen molar-refractivity contribution in [3.8, 4) is 0 Å². The van der Waals surface area contributed by atoms with Crippen LogP contribution in [0.3, 0.4) is 0 Å². The molecule has 0 aromatic heterocycles. The largest absolute Gasteiger partial charge is 0.388 e. The van der Waals surface area contributed by atoms with Crippen LogP contribution in [0.5, 0.6) is 0 Å². The lowest BCUT2D eigenvalue weighted by Crippen LogP contribution is -2.40. The van der Waals surface area contributed by atoms with E-state index in [0.29, 0.717) is 6.54 Å². The van der Waals surface area contributed by atoms with Gasteiger partial charge in [-0.1, -0.05) is 36.6 Å². The van der Waals surface area contributed by atoms with E-state index >= 15 is 0 Å². The van der Waals surface area contributed by atoms with E-state index in [2.05, 4.69) is 15.6 Å². The summed E-state index contributed by atoms with van der Waals surface area (Å²) in [6, 6.07) is 7.89. The summed E-state index contributed by atoms with van der Waals surface area (Å²) in [7, 11) is 0. The minimum atomic E-state index is -0.599. The molecule has 122 valence electrons. The van der Waals surface area contributed by atoms with Gasteiger partial charge < -0.3 is 15.7 Å². The number of halogens is 1. The highest BCUT2D eigenvalue weighted by atomic mass is 35.5. The van der Waals surface area contributed by atoms with E-state index in [-0.39, 0.29) is 0 Å². The molecule has 0 aliphatic heterocycles. The first-order valence-corrected chi connectivity index (χ1v) is 8.48. The molecular formula is C17H26ClN3O. The molecule has 1 saturated carbocycles. The Morgan fingerprint density at radius 1 is 1.23 bits per heavy atom. The fraction of sp³-hybridized carbons (Fsp3) is 0.588. The summed E-state index contributed by atoms with van der Waals surface area (Å²) in [5.74, 6) is 0.775. The molecule has 5 heteroatoms. The minimum Gasteiger partial charge on any atom is -0.388 e. The van der Waals surface area contributed by atoms with Gasteiger partial charge >= 0.3 is 0 Å². The van der Waals surface area contributed by atoms with Gasteiger partial charge in [0.05, 0.1) is 12.1 Å². The molecule has 1 aromatic rings. The van der Waals surface area contributed by atoms with Gasteiger partial charge in [0.15, 0.2) is 5.96 Å². The maximum atomic E-state index is 10.4. The topological polar surface area (TPSA) is 56.7 Å². The average molecular weight is 324 g/mol. The first kappa shape index (κ1) is 17.1. The zero-order valence-corrected chi connectivity index (χ0v) is 14.0. The third-order valence-electron chi connectivity index (χ3n) is 4.03. The Balaban J connectivity index is 1.81. The van der Waals surface area contributed by atoms with Crippen LogP contribution in [-0.2, 0) is 6.42 Å². The molecular weight excluding hydrogens is 298 g/mol. The Hall–Kier alpha value is -1.26. The average Bonchev–Trinajstić information content (AvgIpc) is 2.94. The number of nitrogens with one attached hydrogen (secondary N) is 2. The van der Waals surface area contributed by atoms with E-state index in [4.69, 9.17) is 11.6 Å². The number of nitrogens with zero attached hydrogens (tertiary/aromatic N) is 1. The summed E-state index contributed by atoms with van der Waals surface area (Å²) in [6.45, 7) is 4.13. The van der Waals surface area contributed by atoms with Crippen molar-refractivity contribution in [2.24, 2.45) is 4.99 Å².